The Morgan fingerprint density at radius 3 is 2.33 bits per heavy atom. The van der Waals surface area contributed by atoms with Gasteiger partial charge in [0.1, 0.15) is 5.76 Å². The van der Waals surface area contributed by atoms with Crippen molar-refractivity contribution in [3.8, 4) is 0 Å². The number of methoxy groups -OCH3 is 1. The van der Waals surface area contributed by atoms with Crippen molar-refractivity contribution >= 4 is 58.3 Å². The highest BCUT2D eigenvalue weighted by atomic mass is 35.6. The van der Waals surface area contributed by atoms with Gasteiger partial charge in [0.2, 0.25) is 5.78 Å². The van der Waals surface area contributed by atoms with Gasteiger partial charge in [-0.15, -0.1) is 11.8 Å². The molecule has 0 aliphatic carbocycles. The first-order valence-electron chi connectivity index (χ1n) is 4.90. The maximum absolute atomic E-state index is 11.4. The number of carbonyl (C=O) groups excluding carboxylic acids is 2. The van der Waals surface area contributed by atoms with E-state index in [1.165, 1.54) is 18.9 Å². The van der Waals surface area contributed by atoms with Crippen molar-refractivity contribution in [2.45, 2.75) is 10.7 Å². The number of allylic oxidation sites excluding steroid dienone is 1. The second kappa shape index (κ2) is 8.91. The van der Waals surface area contributed by atoms with Gasteiger partial charge >= 0.3 is 5.97 Å². The van der Waals surface area contributed by atoms with Crippen LogP contribution in [0.25, 0.3) is 0 Å². The SMILES string of the molecule is CCOC(=O)CSC/C(=C\C(=O)C(Cl)(Cl)Cl)OC. The van der Waals surface area contributed by atoms with Gasteiger partial charge in [0.25, 0.3) is 3.79 Å². The van der Waals surface area contributed by atoms with Gasteiger partial charge in [0.15, 0.2) is 0 Å². The Kier molecular flexibility index (Phi) is 8.86. The van der Waals surface area contributed by atoms with Crippen molar-refractivity contribution in [2.24, 2.45) is 0 Å². The van der Waals surface area contributed by atoms with Crippen LogP contribution in [-0.2, 0) is 19.1 Å². The van der Waals surface area contributed by atoms with E-state index in [2.05, 4.69) is 0 Å². The van der Waals surface area contributed by atoms with E-state index < -0.39 is 9.58 Å². The number of hydrogen-bond donors (Lipinski definition) is 0. The van der Waals surface area contributed by atoms with E-state index in [0.29, 0.717) is 18.1 Å². The third kappa shape index (κ3) is 8.08. The lowest BCUT2D eigenvalue weighted by atomic mass is 10.3. The molecule has 18 heavy (non-hydrogen) atoms. The Morgan fingerprint density at radius 1 is 1.28 bits per heavy atom. The van der Waals surface area contributed by atoms with E-state index in [0.717, 1.165) is 6.08 Å². The zero-order chi connectivity index (χ0) is 14.2. The van der Waals surface area contributed by atoms with Gasteiger partial charge in [-0.05, 0) is 6.92 Å². The van der Waals surface area contributed by atoms with Gasteiger partial charge in [-0.3, -0.25) is 9.59 Å². The summed E-state index contributed by atoms with van der Waals surface area (Å²) < 4.78 is 7.69. The average molecular weight is 336 g/mol. The molecule has 0 atom stereocenters. The minimum absolute atomic E-state index is 0.163. The van der Waals surface area contributed by atoms with Crippen molar-refractivity contribution in [1.29, 1.82) is 0 Å². The van der Waals surface area contributed by atoms with Gasteiger partial charge in [-0.25, -0.2) is 0 Å². The molecule has 104 valence electrons. The molecule has 0 heterocycles. The summed E-state index contributed by atoms with van der Waals surface area (Å²) >= 11 is 17.5. The molecule has 0 amide bonds. The predicted molar refractivity (Wildman–Crippen MR) is 74.3 cm³/mol. The second-order valence-electron chi connectivity index (χ2n) is 2.97. The first-order valence-corrected chi connectivity index (χ1v) is 7.19. The fourth-order valence-corrected chi connectivity index (χ4v) is 1.74. The Hall–Kier alpha value is -0.100. The van der Waals surface area contributed by atoms with E-state index in [-0.39, 0.29) is 11.7 Å². The molecule has 0 aromatic carbocycles. The minimum atomic E-state index is -2.00. The van der Waals surface area contributed by atoms with Crippen molar-refractivity contribution in [2.75, 3.05) is 25.2 Å². The molecule has 0 spiro atoms. The molecule has 0 bridgehead atoms. The first kappa shape index (κ1) is 17.9. The Balaban J connectivity index is 4.24. The lowest BCUT2D eigenvalue weighted by molar-refractivity contribution is -0.139. The summed E-state index contributed by atoms with van der Waals surface area (Å²) in [6.07, 6.45) is 1.10. The fraction of sp³-hybridized carbons (Fsp3) is 0.600. The molecule has 0 saturated carbocycles. The summed E-state index contributed by atoms with van der Waals surface area (Å²) in [7, 11) is 1.39. The van der Waals surface area contributed by atoms with E-state index in [4.69, 9.17) is 44.3 Å². The number of ketones is 1. The molecule has 0 radical (unpaired) electrons. The van der Waals surface area contributed by atoms with Crippen LogP contribution in [0.4, 0.5) is 0 Å². The van der Waals surface area contributed by atoms with Crippen LogP contribution in [0.3, 0.4) is 0 Å². The van der Waals surface area contributed by atoms with E-state index >= 15 is 0 Å². The summed E-state index contributed by atoms with van der Waals surface area (Å²) in [5.74, 6) is -0.231. The topological polar surface area (TPSA) is 52.6 Å². The molecule has 0 aromatic rings. The lowest BCUT2D eigenvalue weighted by Crippen LogP contribution is -2.17. The average Bonchev–Trinajstić information content (AvgIpc) is 2.26. The fourth-order valence-electron chi connectivity index (χ4n) is 0.825. The van der Waals surface area contributed by atoms with E-state index in [1.54, 1.807) is 6.92 Å². The molecule has 0 fully saturated rings. The molecular formula is C10H13Cl3O4S. The summed E-state index contributed by atoms with van der Waals surface area (Å²) in [6, 6.07) is 0. The van der Waals surface area contributed by atoms with Crippen molar-refractivity contribution in [3.63, 3.8) is 0 Å². The molecule has 4 nitrogen and oxygen atoms in total. The third-order valence-corrected chi connectivity index (χ3v) is 3.09. The molecule has 0 aromatic heterocycles. The summed E-state index contributed by atoms with van der Waals surface area (Å²) in [5, 5.41) is 0. The number of thioether (sulfide) groups is 1. The zero-order valence-corrected chi connectivity index (χ0v) is 13.0. The monoisotopic (exact) mass is 334 g/mol. The largest absolute Gasteiger partial charge is 0.500 e. The highest BCUT2D eigenvalue weighted by Gasteiger charge is 2.29. The molecule has 0 N–H and O–H groups in total. The smallest absolute Gasteiger partial charge is 0.315 e. The minimum Gasteiger partial charge on any atom is -0.500 e. The van der Waals surface area contributed by atoms with Gasteiger partial charge in [0, 0.05) is 6.08 Å². The van der Waals surface area contributed by atoms with Crippen molar-refractivity contribution in [3.05, 3.63) is 11.8 Å². The highest BCUT2D eigenvalue weighted by Crippen LogP contribution is 2.28. The number of halogens is 3. The van der Waals surface area contributed by atoms with Crippen molar-refractivity contribution < 1.29 is 19.1 Å². The van der Waals surface area contributed by atoms with Crippen LogP contribution < -0.4 is 0 Å². The zero-order valence-electron chi connectivity index (χ0n) is 9.87. The third-order valence-electron chi connectivity index (χ3n) is 1.60. The van der Waals surface area contributed by atoms with Crippen LogP contribution in [0.2, 0.25) is 0 Å². The number of ether oxygens (including phenoxy) is 2. The molecule has 0 saturated heterocycles. The molecule has 8 heteroatoms. The van der Waals surface area contributed by atoms with Crippen LogP contribution in [0.15, 0.2) is 11.8 Å². The Labute approximate surface area is 125 Å². The maximum Gasteiger partial charge on any atom is 0.315 e. The van der Waals surface area contributed by atoms with Crippen LogP contribution >= 0.6 is 46.6 Å². The molecule has 0 aliphatic heterocycles. The van der Waals surface area contributed by atoms with E-state index in [1.807, 2.05) is 0 Å². The molecule has 0 unspecified atom stereocenters. The maximum atomic E-state index is 11.4. The predicted octanol–water partition coefficient (Wildman–Crippen LogP) is 2.75. The number of hydrogen-bond acceptors (Lipinski definition) is 5. The number of carbonyl (C=O) groups is 2. The van der Waals surface area contributed by atoms with Crippen LogP contribution in [-0.4, -0.2) is 40.8 Å². The van der Waals surface area contributed by atoms with Crippen LogP contribution in [0.1, 0.15) is 6.92 Å². The highest BCUT2D eigenvalue weighted by molar-refractivity contribution is 8.00. The lowest BCUT2D eigenvalue weighted by Gasteiger charge is -2.09. The Morgan fingerprint density at radius 2 is 1.89 bits per heavy atom. The summed E-state index contributed by atoms with van der Waals surface area (Å²) in [4.78, 5) is 22.4. The quantitative estimate of drug-likeness (QED) is 0.310. The summed E-state index contributed by atoms with van der Waals surface area (Å²) in [6.45, 7) is 2.06. The van der Waals surface area contributed by atoms with Crippen molar-refractivity contribution in [1.82, 2.24) is 0 Å². The molecule has 0 rings (SSSR count). The van der Waals surface area contributed by atoms with Crippen LogP contribution in [0.5, 0.6) is 0 Å². The molecule has 0 aliphatic rings. The van der Waals surface area contributed by atoms with Gasteiger partial charge in [-0.2, -0.15) is 0 Å². The van der Waals surface area contributed by atoms with Gasteiger partial charge < -0.3 is 9.47 Å². The van der Waals surface area contributed by atoms with Gasteiger partial charge in [-0.1, -0.05) is 34.8 Å². The Bertz CT molecular complexity index is 326. The van der Waals surface area contributed by atoms with E-state index in [9.17, 15) is 9.59 Å². The molecular weight excluding hydrogens is 323 g/mol. The normalized spacial score (nSPS) is 12.2. The number of alkyl halides is 3. The second-order valence-corrected chi connectivity index (χ2v) is 6.24. The van der Waals surface area contributed by atoms with Crippen LogP contribution in [0, 0.1) is 0 Å². The number of esters is 1. The summed E-state index contributed by atoms with van der Waals surface area (Å²) in [5.41, 5.74) is 0. The van der Waals surface area contributed by atoms with Gasteiger partial charge in [0.05, 0.1) is 25.2 Å². The standard InChI is InChI=1S/C10H13Cl3O4S/c1-3-17-9(15)6-18-5-7(16-2)4-8(14)10(11,12)13/h4H,3,5-6H2,1-2H3/b7-4+. The number of rotatable bonds is 7. The first-order chi connectivity index (χ1) is 8.31.